The molecule has 3 aliphatic rings. The predicted octanol–water partition coefficient (Wildman–Crippen LogP) is 0.425. The van der Waals surface area contributed by atoms with Crippen molar-refractivity contribution in [2.45, 2.75) is 44.6 Å². The van der Waals surface area contributed by atoms with E-state index >= 15 is 0 Å². The van der Waals surface area contributed by atoms with Gasteiger partial charge in [-0.15, -0.1) is 0 Å². The zero-order valence-electron chi connectivity index (χ0n) is 15.9. The maximum absolute atomic E-state index is 12.4. The molecule has 1 atom stereocenters. The van der Waals surface area contributed by atoms with Gasteiger partial charge in [-0.05, 0) is 44.9 Å². The monoisotopic (exact) mass is 361 g/mol. The molecule has 0 aromatic rings. The summed E-state index contributed by atoms with van der Waals surface area (Å²) in [4.78, 5) is 31.0. The number of hydrogen-bond donors (Lipinski definition) is 1. The van der Waals surface area contributed by atoms with Crippen molar-refractivity contribution in [2.24, 2.45) is 5.92 Å². The Kier molecular flexibility index (Phi) is 6.15. The van der Waals surface area contributed by atoms with Crippen molar-refractivity contribution in [3.63, 3.8) is 0 Å². The summed E-state index contributed by atoms with van der Waals surface area (Å²) in [7, 11) is 0. The second-order valence-electron chi connectivity index (χ2n) is 8.13. The number of carbonyl (C=O) groups is 2. The number of likely N-dealkylation sites (tertiary alicyclic amines) is 1. The van der Waals surface area contributed by atoms with Gasteiger partial charge in [0.15, 0.2) is 0 Å². The van der Waals surface area contributed by atoms with Crippen molar-refractivity contribution in [2.75, 3.05) is 52.4 Å². The molecule has 0 radical (unpaired) electrons. The molecule has 2 aliphatic heterocycles. The van der Waals surface area contributed by atoms with Crippen LogP contribution in [0, 0.1) is 17.2 Å². The van der Waals surface area contributed by atoms with Gasteiger partial charge in [0, 0.05) is 39.3 Å². The second-order valence-corrected chi connectivity index (χ2v) is 8.13. The topological polar surface area (TPSA) is 79.7 Å². The van der Waals surface area contributed by atoms with Crippen molar-refractivity contribution >= 4 is 11.8 Å². The van der Waals surface area contributed by atoms with E-state index in [0.29, 0.717) is 19.0 Å². The molecule has 3 fully saturated rings. The molecule has 2 heterocycles. The standard InChI is InChI=1S/C19H31N5O2/c1-19(15-20,16-5-6-16)21-17(25)13-22-9-11-23(12-10-22)14-18(26)24-7-3-2-4-8-24/h16H,2-14H2,1H3,(H,21,25). The van der Waals surface area contributed by atoms with Crippen LogP contribution in [0.1, 0.15) is 39.0 Å². The zero-order chi connectivity index (χ0) is 18.6. The highest BCUT2D eigenvalue weighted by molar-refractivity contribution is 5.79. The molecule has 7 heteroatoms. The summed E-state index contributed by atoms with van der Waals surface area (Å²) < 4.78 is 0. The van der Waals surface area contributed by atoms with Crippen molar-refractivity contribution in [1.29, 1.82) is 5.26 Å². The molecule has 3 rings (SSSR count). The minimum absolute atomic E-state index is 0.0706. The van der Waals surface area contributed by atoms with Gasteiger partial charge < -0.3 is 10.2 Å². The summed E-state index contributed by atoms with van der Waals surface area (Å²) >= 11 is 0. The van der Waals surface area contributed by atoms with Gasteiger partial charge in [-0.1, -0.05) is 0 Å². The number of rotatable bonds is 6. The Bertz CT molecular complexity index is 557. The van der Waals surface area contributed by atoms with Crippen LogP contribution in [0.4, 0.5) is 0 Å². The van der Waals surface area contributed by atoms with Crippen LogP contribution in [0.15, 0.2) is 0 Å². The number of piperidine rings is 1. The largest absolute Gasteiger partial charge is 0.342 e. The van der Waals surface area contributed by atoms with E-state index in [1.807, 2.05) is 11.8 Å². The average molecular weight is 361 g/mol. The fourth-order valence-electron chi connectivity index (χ4n) is 3.95. The summed E-state index contributed by atoms with van der Waals surface area (Å²) in [6, 6.07) is 2.27. The van der Waals surface area contributed by atoms with E-state index in [1.165, 1.54) is 6.42 Å². The Morgan fingerprint density at radius 2 is 1.58 bits per heavy atom. The summed E-state index contributed by atoms with van der Waals surface area (Å²) in [6.45, 7) is 7.64. The lowest BCUT2D eigenvalue weighted by Crippen LogP contribution is -2.54. The Labute approximate surface area is 156 Å². The van der Waals surface area contributed by atoms with Crippen molar-refractivity contribution in [1.82, 2.24) is 20.0 Å². The number of hydrogen-bond acceptors (Lipinski definition) is 5. The number of nitrogens with one attached hydrogen (secondary N) is 1. The van der Waals surface area contributed by atoms with Crippen LogP contribution in [-0.4, -0.2) is 84.4 Å². The van der Waals surface area contributed by atoms with Crippen LogP contribution < -0.4 is 5.32 Å². The van der Waals surface area contributed by atoms with Gasteiger partial charge in [-0.25, -0.2) is 0 Å². The molecule has 144 valence electrons. The van der Waals surface area contributed by atoms with Crippen LogP contribution in [0.5, 0.6) is 0 Å². The lowest BCUT2D eigenvalue weighted by atomic mass is 9.98. The minimum Gasteiger partial charge on any atom is -0.342 e. The molecule has 1 saturated carbocycles. The third-order valence-electron chi connectivity index (χ3n) is 5.92. The fraction of sp³-hybridized carbons (Fsp3) is 0.842. The maximum Gasteiger partial charge on any atom is 0.236 e. The molecule has 1 aliphatic carbocycles. The van der Waals surface area contributed by atoms with Gasteiger partial charge in [0.25, 0.3) is 0 Å². The smallest absolute Gasteiger partial charge is 0.236 e. The van der Waals surface area contributed by atoms with Crippen molar-refractivity contribution < 1.29 is 9.59 Å². The summed E-state index contributed by atoms with van der Waals surface area (Å²) in [5, 5.41) is 12.3. The number of amides is 2. The van der Waals surface area contributed by atoms with Gasteiger partial charge in [-0.3, -0.25) is 19.4 Å². The molecule has 0 aromatic carbocycles. The number of piperazine rings is 1. The number of nitriles is 1. The highest BCUT2D eigenvalue weighted by Crippen LogP contribution is 2.39. The van der Waals surface area contributed by atoms with Gasteiger partial charge >= 0.3 is 0 Å². The van der Waals surface area contributed by atoms with E-state index in [2.05, 4.69) is 21.2 Å². The third-order valence-corrected chi connectivity index (χ3v) is 5.92. The van der Waals surface area contributed by atoms with E-state index in [9.17, 15) is 14.9 Å². The van der Waals surface area contributed by atoms with Gasteiger partial charge in [0.05, 0.1) is 19.2 Å². The molecule has 1 unspecified atom stereocenters. The number of carbonyl (C=O) groups excluding carboxylic acids is 2. The van der Waals surface area contributed by atoms with E-state index in [4.69, 9.17) is 0 Å². The molecule has 7 nitrogen and oxygen atoms in total. The van der Waals surface area contributed by atoms with Crippen LogP contribution >= 0.6 is 0 Å². The quantitative estimate of drug-likeness (QED) is 0.742. The molecular formula is C19H31N5O2. The lowest BCUT2D eigenvalue weighted by molar-refractivity contribution is -0.134. The molecule has 2 amide bonds. The first-order chi connectivity index (χ1) is 12.5. The predicted molar refractivity (Wildman–Crippen MR) is 98.2 cm³/mol. The van der Waals surface area contributed by atoms with E-state index in [1.54, 1.807) is 0 Å². The molecular weight excluding hydrogens is 330 g/mol. The lowest BCUT2D eigenvalue weighted by Gasteiger charge is -2.36. The van der Waals surface area contributed by atoms with Crippen LogP contribution in [-0.2, 0) is 9.59 Å². The Hall–Kier alpha value is -1.65. The van der Waals surface area contributed by atoms with E-state index < -0.39 is 5.54 Å². The average Bonchev–Trinajstić information content (AvgIpc) is 3.49. The van der Waals surface area contributed by atoms with Gasteiger partial charge in [0.2, 0.25) is 11.8 Å². The normalized spacial score (nSPS) is 24.5. The molecule has 1 N–H and O–H groups in total. The highest BCUT2D eigenvalue weighted by atomic mass is 16.2. The first-order valence-corrected chi connectivity index (χ1v) is 9.95. The molecule has 0 bridgehead atoms. The van der Waals surface area contributed by atoms with Crippen LogP contribution in [0.2, 0.25) is 0 Å². The zero-order valence-corrected chi connectivity index (χ0v) is 15.9. The second kappa shape index (κ2) is 8.36. The third kappa shape index (κ3) is 4.95. The van der Waals surface area contributed by atoms with E-state index in [-0.39, 0.29) is 11.8 Å². The van der Waals surface area contributed by atoms with Crippen molar-refractivity contribution in [3.05, 3.63) is 0 Å². The van der Waals surface area contributed by atoms with Crippen LogP contribution in [0.25, 0.3) is 0 Å². The SMILES string of the molecule is CC(C#N)(NC(=O)CN1CCN(CC(=O)N2CCCCC2)CC1)C1CC1. The summed E-state index contributed by atoms with van der Waals surface area (Å²) in [5.41, 5.74) is -0.722. The number of nitrogens with zero attached hydrogens (tertiary/aromatic N) is 4. The Balaban J connectivity index is 1.37. The Morgan fingerprint density at radius 3 is 2.12 bits per heavy atom. The first-order valence-electron chi connectivity index (χ1n) is 9.95. The first kappa shape index (κ1) is 19.1. The van der Waals surface area contributed by atoms with Gasteiger partial charge in [-0.2, -0.15) is 5.26 Å². The van der Waals surface area contributed by atoms with Gasteiger partial charge in [0.1, 0.15) is 5.54 Å². The van der Waals surface area contributed by atoms with Crippen molar-refractivity contribution in [3.8, 4) is 6.07 Å². The maximum atomic E-state index is 12.4. The molecule has 0 aromatic heterocycles. The van der Waals surface area contributed by atoms with E-state index in [0.717, 1.165) is 65.0 Å². The molecule has 0 spiro atoms. The molecule has 2 saturated heterocycles. The summed E-state index contributed by atoms with van der Waals surface area (Å²) in [6.07, 6.45) is 5.52. The summed E-state index contributed by atoms with van der Waals surface area (Å²) in [5.74, 6) is 0.470. The fourth-order valence-corrected chi connectivity index (χ4v) is 3.95. The minimum atomic E-state index is -0.722. The highest BCUT2D eigenvalue weighted by Gasteiger charge is 2.43. The molecule has 26 heavy (non-hydrogen) atoms. The van der Waals surface area contributed by atoms with Crippen LogP contribution in [0.3, 0.4) is 0 Å². The Morgan fingerprint density at radius 1 is 1.00 bits per heavy atom.